The molecule has 0 fully saturated rings. The molecule has 18 heavy (non-hydrogen) atoms. The van der Waals surface area contributed by atoms with Gasteiger partial charge in [-0.1, -0.05) is 13.3 Å². The van der Waals surface area contributed by atoms with Crippen molar-refractivity contribution in [3.05, 3.63) is 17.6 Å². The standard InChI is InChI=1S/C14H20N4/c1-2-3-8-18-9-16-12-13(18)10-6-4-5-7-11(10)17-14(12)15/h9H,2-8H2,1H3,(H2,15,17). The van der Waals surface area contributed by atoms with Crippen molar-refractivity contribution in [2.45, 2.75) is 52.0 Å². The molecule has 1 aliphatic carbocycles. The number of aromatic nitrogens is 3. The molecule has 0 aliphatic heterocycles. The third-order valence-electron chi connectivity index (χ3n) is 3.81. The molecule has 0 aromatic carbocycles. The second kappa shape index (κ2) is 4.59. The van der Waals surface area contributed by atoms with E-state index in [0.717, 1.165) is 24.9 Å². The van der Waals surface area contributed by atoms with Crippen molar-refractivity contribution < 1.29 is 0 Å². The number of rotatable bonds is 3. The second-order valence-corrected chi connectivity index (χ2v) is 5.12. The zero-order chi connectivity index (χ0) is 12.5. The predicted octanol–water partition coefficient (Wildman–Crippen LogP) is 2.69. The number of unbranched alkanes of at least 4 members (excludes halogenated alkanes) is 1. The van der Waals surface area contributed by atoms with Crippen LogP contribution in [0.2, 0.25) is 0 Å². The normalized spacial score (nSPS) is 14.9. The topological polar surface area (TPSA) is 56.7 Å². The summed E-state index contributed by atoms with van der Waals surface area (Å²) in [4.78, 5) is 8.99. The van der Waals surface area contributed by atoms with Crippen LogP contribution in [-0.4, -0.2) is 14.5 Å². The predicted molar refractivity (Wildman–Crippen MR) is 73.5 cm³/mol. The first-order valence-electron chi connectivity index (χ1n) is 6.93. The Morgan fingerprint density at radius 3 is 3.00 bits per heavy atom. The Bertz CT molecular complexity index is 571. The summed E-state index contributed by atoms with van der Waals surface area (Å²) in [6.07, 6.45) is 8.98. The molecule has 0 atom stereocenters. The Labute approximate surface area is 107 Å². The highest BCUT2D eigenvalue weighted by Gasteiger charge is 2.19. The number of nitrogens with zero attached hydrogens (tertiary/aromatic N) is 3. The Morgan fingerprint density at radius 1 is 1.33 bits per heavy atom. The van der Waals surface area contributed by atoms with Crippen LogP contribution >= 0.6 is 0 Å². The highest BCUT2D eigenvalue weighted by molar-refractivity contribution is 5.88. The number of pyridine rings is 1. The molecule has 96 valence electrons. The van der Waals surface area contributed by atoms with Crippen molar-refractivity contribution in [3.8, 4) is 0 Å². The first kappa shape index (κ1) is 11.5. The highest BCUT2D eigenvalue weighted by Crippen LogP contribution is 2.30. The van der Waals surface area contributed by atoms with E-state index in [1.54, 1.807) is 0 Å². The minimum absolute atomic E-state index is 0.598. The van der Waals surface area contributed by atoms with Crippen molar-refractivity contribution >= 4 is 16.9 Å². The molecule has 0 unspecified atom stereocenters. The van der Waals surface area contributed by atoms with Crippen LogP contribution in [0.15, 0.2) is 6.33 Å². The van der Waals surface area contributed by atoms with E-state index in [-0.39, 0.29) is 0 Å². The average molecular weight is 244 g/mol. The molecule has 0 radical (unpaired) electrons. The summed E-state index contributed by atoms with van der Waals surface area (Å²) >= 11 is 0. The van der Waals surface area contributed by atoms with Crippen LogP contribution in [0, 0.1) is 0 Å². The summed E-state index contributed by atoms with van der Waals surface area (Å²) in [6, 6.07) is 0. The van der Waals surface area contributed by atoms with E-state index >= 15 is 0 Å². The van der Waals surface area contributed by atoms with Crippen molar-refractivity contribution in [2.24, 2.45) is 0 Å². The number of anilines is 1. The van der Waals surface area contributed by atoms with Crippen LogP contribution in [0.1, 0.15) is 43.9 Å². The largest absolute Gasteiger partial charge is 0.382 e. The van der Waals surface area contributed by atoms with Crippen molar-refractivity contribution in [1.82, 2.24) is 14.5 Å². The first-order chi connectivity index (χ1) is 8.81. The molecule has 2 heterocycles. The molecule has 2 aromatic rings. The molecule has 2 N–H and O–H groups in total. The molecule has 4 nitrogen and oxygen atoms in total. The number of nitrogens with two attached hydrogens (primary N) is 1. The van der Waals surface area contributed by atoms with Gasteiger partial charge in [0.15, 0.2) is 5.82 Å². The van der Waals surface area contributed by atoms with Gasteiger partial charge < -0.3 is 10.3 Å². The van der Waals surface area contributed by atoms with E-state index in [1.807, 2.05) is 6.33 Å². The van der Waals surface area contributed by atoms with Gasteiger partial charge in [0, 0.05) is 12.2 Å². The molecule has 3 rings (SSSR count). The van der Waals surface area contributed by atoms with Gasteiger partial charge in [-0.25, -0.2) is 9.97 Å². The number of aryl methyl sites for hydroxylation is 3. The molecule has 1 aliphatic rings. The molecule has 2 aromatic heterocycles. The first-order valence-corrected chi connectivity index (χ1v) is 6.93. The summed E-state index contributed by atoms with van der Waals surface area (Å²) in [6.45, 7) is 3.24. The minimum Gasteiger partial charge on any atom is -0.382 e. The van der Waals surface area contributed by atoms with E-state index in [2.05, 4.69) is 21.5 Å². The average Bonchev–Trinajstić information content (AvgIpc) is 2.81. The summed E-state index contributed by atoms with van der Waals surface area (Å²) < 4.78 is 2.26. The zero-order valence-electron chi connectivity index (χ0n) is 10.9. The van der Waals surface area contributed by atoms with Gasteiger partial charge in [-0.2, -0.15) is 0 Å². The summed E-state index contributed by atoms with van der Waals surface area (Å²) in [5.41, 5.74) is 10.8. The fourth-order valence-electron chi connectivity index (χ4n) is 2.85. The number of hydrogen-bond donors (Lipinski definition) is 1. The van der Waals surface area contributed by atoms with Gasteiger partial charge in [0.25, 0.3) is 0 Å². The quantitative estimate of drug-likeness (QED) is 0.903. The fraction of sp³-hybridized carbons (Fsp3) is 0.571. The van der Waals surface area contributed by atoms with Crippen LogP contribution in [0.5, 0.6) is 0 Å². The third-order valence-corrected chi connectivity index (χ3v) is 3.81. The molecule has 0 spiro atoms. The Kier molecular flexibility index (Phi) is 2.94. The molecular weight excluding hydrogens is 224 g/mol. The molecule has 0 saturated carbocycles. The molecule has 4 heteroatoms. The lowest BCUT2D eigenvalue weighted by Gasteiger charge is -2.17. The molecule has 0 bridgehead atoms. The molecule has 0 saturated heterocycles. The van der Waals surface area contributed by atoms with E-state index in [9.17, 15) is 0 Å². The van der Waals surface area contributed by atoms with Crippen LogP contribution < -0.4 is 5.73 Å². The van der Waals surface area contributed by atoms with Crippen LogP contribution in [0.3, 0.4) is 0 Å². The lowest BCUT2D eigenvalue weighted by atomic mass is 9.95. The number of hydrogen-bond acceptors (Lipinski definition) is 3. The van der Waals surface area contributed by atoms with Crippen molar-refractivity contribution in [2.75, 3.05) is 5.73 Å². The van der Waals surface area contributed by atoms with Gasteiger partial charge >= 0.3 is 0 Å². The lowest BCUT2D eigenvalue weighted by Crippen LogP contribution is -2.10. The van der Waals surface area contributed by atoms with Crippen molar-refractivity contribution in [3.63, 3.8) is 0 Å². The Balaban J connectivity index is 2.17. The second-order valence-electron chi connectivity index (χ2n) is 5.12. The SMILES string of the molecule is CCCCn1cnc2c(N)nc3c(c21)CCCC3. The van der Waals surface area contributed by atoms with E-state index in [1.165, 1.54) is 42.5 Å². The smallest absolute Gasteiger partial charge is 0.151 e. The summed E-state index contributed by atoms with van der Waals surface area (Å²) in [5.74, 6) is 0.598. The van der Waals surface area contributed by atoms with Crippen molar-refractivity contribution in [1.29, 1.82) is 0 Å². The van der Waals surface area contributed by atoms with Crippen LogP contribution in [0.4, 0.5) is 5.82 Å². The monoisotopic (exact) mass is 244 g/mol. The maximum atomic E-state index is 6.04. The lowest BCUT2D eigenvalue weighted by molar-refractivity contribution is 0.634. The van der Waals surface area contributed by atoms with Gasteiger partial charge in [-0.05, 0) is 37.7 Å². The highest BCUT2D eigenvalue weighted by atomic mass is 15.1. The zero-order valence-corrected chi connectivity index (χ0v) is 10.9. The number of fused-ring (bicyclic) bond motifs is 3. The number of imidazole rings is 1. The Hall–Kier alpha value is -1.58. The number of nitrogen functional groups attached to an aromatic ring is 1. The van der Waals surface area contributed by atoms with E-state index < -0.39 is 0 Å². The van der Waals surface area contributed by atoms with Gasteiger partial charge in [0.2, 0.25) is 0 Å². The van der Waals surface area contributed by atoms with Crippen LogP contribution in [-0.2, 0) is 19.4 Å². The summed E-state index contributed by atoms with van der Waals surface area (Å²) in [5, 5.41) is 0. The van der Waals surface area contributed by atoms with Gasteiger partial charge in [0.05, 0.1) is 11.8 Å². The van der Waals surface area contributed by atoms with Gasteiger partial charge in [-0.3, -0.25) is 0 Å². The minimum atomic E-state index is 0.598. The molecule has 0 amide bonds. The Morgan fingerprint density at radius 2 is 2.17 bits per heavy atom. The van der Waals surface area contributed by atoms with E-state index in [0.29, 0.717) is 5.82 Å². The fourth-order valence-corrected chi connectivity index (χ4v) is 2.85. The van der Waals surface area contributed by atoms with E-state index in [4.69, 9.17) is 5.73 Å². The third kappa shape index (κ3) is 1.76. The van der Waals surface area contributed by atoms with Gasteiger partial charge in [-0.15, -0.1) is 0 Å². The maximum absolute atomic E-state index is 6.04. The summed E-state index contributed by atoms with van der Waals surface area (Å²) in [7, 11) is 0. The van der Waals surface area contributed by atoms with Gasteiger partial charge in [0.1, 0.15) is 5.52 Å². The maximum Gasteiger partial charge on any atom is 0.151 e. The van der Waals surface area contributed by atoms with Crippen LogP contribution in [0.25, 0.3) is 11.0 Å². The molecular formula is C14H20N4.